The van der Waals surface area contributed by atoms with Gasteiger partial charge in [-0.25, -0.2) is 4.79 Å². The quantitative estimate of drug-likeness (QED) is 0.895. The normalized spacial score (nSPS) is 13.0. The summed E-state index contributed by atoms with van der Waals surface area (Å²) in [5.41, 5.74) is 0.794. The van der Waals surface area contributed by atoms with Gasteiger partial charge in [-0.1, -0.05) is 12.1 Å². The van der Waals surface area contributed by atoms with Crippen LogP contribution in [0, 0.1) is 0 Å². The summed E-state index contributed by atoms with van der Waals surface area (Å²) in [6.45, 7) is 3.34. The second-order valence-electron chi connectivity index (χ2n) is 4.77. The van der Waals surface area contributed by atoms with Crippen molar-refractivity contribution in [1.29, 1.82) is 0 Å². The van der Waals surface area contributed by atoms with Crippen LogP contribution < -0.4 is 10.6 Å². The number of alkyl halides is 3. The van der Waals surface area contributed by atoms with E-state index in [1.807, 2.05) is 6.92 Å². The van der Waals surface area contributed by atoms with Crippen LogP contribution >= 0.6 is 0 Å². The van der Waals surface area contributed by atoms with E-state index in [1.165, 1.54) is 11.6 Å². The summed E-state index contributed by atoms with van der Waals surface area (Å²) in [4.78, 5) is 15.1. The zero-order chi connectivity index (χ0) is 17.2. The van der Waals surface area contributed by atoms with Crippen LogP contribution in [0.3, 0.4) is 0 Å². The van der Waals surface area contributed by atoms with Crippen molar-refractivity contribution in [1.82, 2.24) is 25.2 Å². The molecule has 0 aromatic carbocycles. The minimum atomic E-state index is -4.70. The fraction of sp³-hybridized carbons (Fsp3) is 0.500. The molecule has 2 amide bonds. The standard InChI is InChI=1S/C12H15F3N6O2/c1-4-7-5-8(21(3)19-7)17-11(22)16-6(2)9-18-10(20-23-9)12(13,14)15/h5-6H,4H2,1-3H3,(H2,16,17,22). The van der Waals surface area contributed by atoms with Crippen LogP contribution in [0.25, 0.3) is 0 Å². The molecule has 0 radical (unpaired) electrons. The number of aromatic nitrogens is 4. The molecule has 0 fully saturated rings. The van der Waals surface area contributed by atoms with Crippen molar-refractivity contribution in [3.8, 4) is 0 Å². The lowest BCUT2D eigenvalue weighted by molar-refractivity contribution is -0.146. The lowest BCUT2D eigenvalue weighted by Gasteiger charge is -2.10. The van der Waals surface area contributed by atoms with Gasteiger partial charge in [0.25, 0.3) is 5.82 Å². The number of nitrogens with zero attached hydrogens (tertiary/aromatic N) is 4. The maximum atomic E-state index is 12.4. The number of carbonyl (C=O) groups excluding carboxylic acids is 1. The summed E-state index contributed by atoms with van der Waals surface area (Å²) < 4.78 is 43.2. The number of anilines is 1. The molecular weight excluding hydrogens is 317 g/mol. The van der Waals surface area contributed by atoms with Gasteiger partial charge in [0.05, 0.1) is 5.69 Å². The van der Waals surface area contributed by atoms with Crippen LogP contribution in [0.4, 0.5) is 23.8 Å². The summed E-state index contributed by atoms with van der Waals surface area (Å²) in [7, 11) is 1.66. The van der Waals surface area contributed by atoms with Crippen molar-refractivity contribution in [3.05, 3.63) is 23.5 Å². The zero-order valence-corrected chi connectivity index (χ0v) is 12.6. The van der Waals surface area contributed by atoms with Gasteiger partial charge in [-0.15, -0.1) is 0 Å². The van der Waals surface area contributed by atoms with Crippen molar-refractivity contribution in [2.45, 2.75) is 32.5 Å². The van der Waals surface area contributed by atoms with E-state index in [0.717, 1.165) is 5.69 Å². The Labute approximate surface area is 129 Å². The minimum absolute atomic E-state index is 0.341. The SMILES string of the molecule is CCc1cc(NC(=O)NC(C)c2nc(C(F)(F)F)no2)n(C)n1. The molecule has 2 rings (SSSR count). The van der Waals surface area contributed by atoms with Crippen LogP contribution in [0.15, 0.2) is 10.6 Å². The third-order valence-corrected chi connectivity index (χ3v) is 2.95. The number of carbonyl (C=O) groups is 1. The first kappa shape index (κ1) is 16.8. The van der Waals surface area contributed by atoms with Crippen molar-refractivity contribution < 1.29 is 22.5 Å². The molecule has 23 heavy (non-hydrogen) atoms. The van der Waals surface area contributed by atoms with E-state index in [1.54, 1.807) is 13.1 Å². The number of rotatable bonds is 4. The second-order valence-corrected chi connectivity index (χ2v) is 4.77. The topological polar surface area (TPSA) is 97.9 Å². The van der Waals surface area contributed by atoms with E-state index >= 15 is 0 Å². The van der Waals surface area contributed by atoms with E-state index in [2.05, 4.69) is 30.4 Å². The number of hydrogen-bond acceptors (Lipinski definition) is 5. The molecule has 2 aromatic rings. The first-order valence-corrected chi connectivity index (χ1v) is 6.72. The van der Waals surface area contributed by atoms with Crippen molar-refractivity contribution >= 4 is 11.8 Å². The Balaban J connectivity index is 1.99. The molecule has 0 aliphatic rings. The fourth-order valence-corrected chi connectivity index (χ4v) is 1.75. The number of urea groups is 1. The van der Waals surface area contributed by atoms with Gasteiger partial charge < -0.3 is 9.84 Å². The molecule has 0 saturated heterocycles. The average molecular weight is 332 g/mol. The Kier molecular flexibility index (Phi) is 4.57. The minimum Gasteiger partial charge on any atom is -0.337 e. The molecule has 126 valence electrons. The Morgan fingerprint density at radius 1 is 1.48 bits per heavy atom. The van der Waals surface area contributed by atoms with Gasteiger partial charge in [0.1, 0.15) is 11.9 Å². The maximum absolute atomic E-state index is 12.4. The highest BCUT2D eigenvalue weighted by Crippen LogP contribution is 2.27. The number of halogens is 3. The number of hydrogen-bond donors (Lipinski definition) is 2. The third-order valence-electron chi connectivity index (χ3n) is 2.95. The van der Waals surface area contributed by atoms with Crippen molar-refractivity contribution in [2.24, 2.45) is 7.05 Å². The molecule has 2 aromatic heterocycles. The molecule has 2 heterocycles. The second kappa shape index (κ2) is 6.26. The van der Waals surface area contributed by atoms with Crippen molar-refractivity contribution in [3.63, 3.8) is 0 Å². The molecule has 1 unspecified atom stereocenters. The lowest BCUT2D eigenvalue weighted by Crippen LogP contribution is -2.32. The Morgan fingerprint density at radius 2 is 2.17 bits per heavy atom. The monoisotopic (exact) mass is 332 g/mol. The molecule has 8 nitrogen and oxygen atoms in total. The van der Waals surface area contributed by atoms with Crippen LogP contribution in [0.2, 0.25) is 0 Å². The van der Waals surface area contributed by atoms with E-state index in [4.69, 9.17) is 0 Å². The van der Waals surface area contributed by atoms with Crippen LogP contribution in [0.1, 0.15) is 37.3 Å². The van der Waals surface area contributed by atoms with E-state index in [9.17, 15) is 18.0 Å². The molecular formula is C12H15F3N6O2. The van der Waals surface area contributed by atoms with Gasteiger partial charge >= 0.3 is 12.2 Å². The number of nitrogens with one attached hydrogen (secondary N) is 2. The summed E-state index contributed by atoms with van der Waals surface area (Å²) >= 11 is 0. The first-order chi connectivity index (χ1) is 10.7. The zero-order valence-electron chi connectivity index (χ0n) is 12.6. The first-order valence-electron chi connectivity index (χ1n) is 6.72. The largest absolute Gasteiger partial charge is 0.455 e. The highest BCUT2D eigenvalue weighted by atomic mass is 19.4. The smallest absolute Gasteiger partial charge is 0.337 e. The van der Waals surface area contributed by atoms with Gasteiger partial charge in [0.2, 0.25) is 5.89 Å². The highest BCUT2D eigenvalue weighted by Gasteiger charge is 2.37. The van der Waals surface area contributed by atoms with E-state index in [-0.39, 0.29) is 5.89 Å². The third kappa shape index (κ3) is 3.99. The van der Waals surface area contributed by atoms with Gasteiger partial charge in [-0.3, -0.25) is 10.00 Å². The molecule has 11 heteroatoms. The van der Waals surface area contributed by atoms with Gasteiger partial charge in [0, 0.05) is 13.1 Å². The van der Waals surface area contributed by atoms with Gasteiger partial charge in [-0.2, -0.15) is 23.3 Å². The molecule has 2 N–H and O–H groups in total. The molecule has 0 spiro atoms. The molecule has 0 bridgehead atoms. The van der Waals surface area contributed by atoms with Crippen molar-refractivity contribution in [2.75, 3.05) is 5.32 Å². The Morgan fingerprint density at radius 3 is 2.70 bits per heavy atom. The summed E-state index contributed by atoms with van der Waals surface area (Å²) in [5, 5.41) is 11.9. The maximum Gasteiger partial charge on any atom is 0.455 e. The van der Waals surface area contributed by atoms with Crippen LogP contribution in [0.5, 0.6) is 0 Å². The van der Waals surface area contributed by atoms with Gasteiger partial charge in [-0.05, 0) is 13.3 Å². The molecule has 1 atom stereocenters. The Hall–Kier alpha value is -2.59. The highest BCUT2D eigenvalue weighted by molar-refractivity contribution is 5.88. The van der Waals surface area contributed by atoms with Gasteiger partial charge in [0.15, 0.2) is 0 Å². The predicted molar refractivity (Wildman–Crippen MR) is 72.5 cm³/mol. The summed E-state index contributed by atoms with van der Waals surface area (Å²) in [6, 6.07) is 0.172. The van der Waals surface area contributed by atoms with Crippen LogP contribution in [-0.2, 0) is 19.6 Å². The fourth-order valence-electron chi connectivity index (χ4n) is 1.75. The predicted octanol–water partition coefficient (Wildman–Crippen LogP) is 2.27. The average Bonchev–Trinajstić information content (AvgIpc) is 3.06. The summed E-state index contributed by atoms with van der Waals surface area (Å²) in [6.07, 6.45) is -4.00. The van der Waals surface area contributed by atoms with E-state index < -0.39 is 24.1 Å². The Bertz CT molecular complexity index is 693. The van der Waals surface area contributed by atoms with Crippen LogP contribution in [-0.4, -0.2) is 26.0 Å². The molecule has 0 aliphatic heterocycles. The molecule has 0 aliphatic carbocycles. The number of aryl methyl sites for hydroxylation is 2. The molecule has 0 saturated carbocycles. The number of amides is 2. The summed E-state index contributed by atoms with van der Waals surface area (Å²) in [5.74, 6) is -1.28. The van der Waals surface area contributed by atoms with E-state index in [0.29, 0.717) is 12.2 Å². The lowest BCUT2D eigenvalue weighted by atomic mass is 10.3.